The third-order valence-corrected chi connectivity index (χ3v) is 1.90. The summed E-state index contributed by atoms with van der Waals surface area (Å²) in [5, 5.41) is 0. The third kappa shape index (κ3) is 7.53. The van der Waals surface area contributed by atoms with Crippen LogP contribution < -0.4 is 5.73 Å². The van der Waals surface area contributed by atoms with Crippen LogP contribution in [0.3, 0.4) is 0 Å². The van der Waals surface area contributed by atoms with Crippen molar-refractivity contribution in [3.63, 3.8) is 0 Å². The Labute approximate surface area is 80.6 Å². The number of carbonyl (C=O) groups excluding carboxylic acids is 1. The molecule has 0 unspecified atom stereocenters. The van der Waals surface area contributed by atoms with Gasteiger partial charge in [0.2, 0.25) is 5.91 Å². The maximum atomic E-state index is 10.5. The number of carbonyl (C=O) groups is 1. The van der Waals surface area contributed by atoms with Gasteiger partial charge in [0.15, 0.2) is 0 Å². The molecule has 2 N–H and O–H groups in total. The first-order valence-electron chi connectivity index (χ1n) is 4.47. The molecular weight excluding hydrogens is 164 g/mol. The lowest BCUT2D eigenvalue weighted by Crippen LogP contribution is -2.20. The summed E-state index contributed by atoms with van der Waals surface area (Å²) in [6, 6.07) is 0. The summed E-state index contributed by atoms with van der Waals surface area (Å²) >= 11 is 0. The zero-order valence-corrected chi connectivity index (χ0v) is 9.00. The van der Waals surface area contributed by atoms with Crippen LogP contribution in [0.1, 0.15) is 20.3 Å². The highest BCUT2D eigenvalue weighted by molar-refractivity contribution is 5.85. The second-order valence-corrected chi connectivity index (χ2v) is 4.28. The first kappa shape index (κ1) is 12.2. The number of hydrogen-bond donors (Lipinski definition) is 1. The number of hydrogen-bond acceptors (Lipinski definition) is 2. The van der Waals surface area contributed by atoms with E-state index in [1.54, 1.807) is 0 Å². The van der Waals surface area contributed by atoms with Crippen molar-refractivity contribution < 1.29 is 4.79 Å². The van der Waals surface area contributed by atoms with Gasteiger partial charge in [-0.15, -0.1) is 0 Å². The minimum absolute atomic E-state index is 0.0410. The summed E-state index contributed by atoms with van der Waals surface area (Å²) < 4.78 is 0. The minimum Gasteiger partial charge on any atom is -0.366 e. The predicted molar refractivity (Wildman–Crippen MR) is 55.3 cm³/mol. The van der Waals surface area contributed by atoms with Crippen molar-refractivity contribution >= 4 is 5.91 Å². The lowest BCUT2D eigenvalue weighted by molar-refractivity contribution is -0.113. The molecule has 0 heterocycles. The van der Waals surface area contributed by atoms with E-state index < -0.39 is 0 Å². The SMILES string of the molecule is CN(C)CCC(C)(C)C=CC(N)=O. The second-order valence-electron chi connectivity index (χ2n) is 4.28. The molecular formula is C10H20N2O. The zero-order chi connectivity index (χ0) is 10.5. The molecule has 0 rings (SSSR count). The number of rotatable bonds is 5. The fourth-order valence-electron chi connectivity index (χ4n) is 0.903. The van der Waals surface area contributed by atoms with Crippen LogP contribution in [0.2, 0.25) is 0 Å². The molecule has 0 spiro atoms. The van der Waals surface area contributed by atoms with Crippen molar-refractivity contribution in [3.05, 3.63) is 12.2 Å². The van der Waals surface area contributed by atoms with Crippen LogP contribution in [-0.4, -0.2) is 31.4 Å². The maximum absolute atomic E-state index is 10.5. The summed E-state index contributed by atoms with van der Waals surface area (Å²) in [5.74, 6) is -0.377. The van der Waals surface area contributed by atoms with Gasteiger partial charge in [0.25, 0.3) is 0 Å². The molecule has 0 radical (unpaired) electrons. The summed E-state index contributed by atoms with van der Waals surface area (Å²) in [7, 11) is 4.07. The number of primary amides is 1. The van der Waals surface area contributed by atoms with Gasteiger partial charge < -0.3 is 10.6 Å². The van der Waals surface area contributed by atoms with Gasteiger partial charge in [-0.3, -0.25) is 4.79 Å². The molecule has 76 valence electrons. The molecule has 3 nitrogen and oxygen atoms in total. The lowest BCUT2D eigenvalue weighted by Gasteiger charge is -2.22. The molecule has 0 aliphatic carbocycles. The fraction of sp³-hybridized carbons (Fsp3) is 0.700. The van der Waals surface area contributed by atoms with Crippen LogP contribution >= 0.6 is 0 Å². The van der Waals surface area contributed by atoms with Crippen molar-refractivity contribution in [3.8, 4) is 0 Å². The quantitative estimate of drug-likeness (QED) is 0.648. The van der Waals surface area contributed by atoms with E-state index in [-0.39, 0.29) is 11.3 Å². The van der Waals surface area contributed by atoms with E-state index in [9.17, 15) is 4.79 Å². The molecule has 0 saturated heterocycles. The van der Waals surface area contributed by atoms with Gasteiger partial charge in [0.05, 0.1) is 0 Å². The molecule has 0 aromatic carbocycles. The molecule has 0 fully saturated rings. The van der Waals surface area contributed by atoms with E-state index in [2.05, 4.69) is 18.7 Å². The molecule has 1 amide bonds. The summed E-state index contributed by atoms with van der Waals surface area (Å²) in [6.07, 6.45) is 4.33. The first-order valence-corrected chi connectivity index (χ1v) is 4.47. The minimum atomic E-state index is -0.377. The Morgan fingerprint density at radius 3 is 2.38 bits per heavy atom. The first-order chi connectivity index (χ1) is 5.83. The van der Waals surface area contributed by atoms with E-state index in [1.807, 2.05) is 20.2 Å². The van der Waals surface area contributed by atoms with Gasteiger partial charge in [0, 0.05) is 0 Å². The predicted octanol–water partition coefficient (Wildman–Crippen LogP) is 1.01. The number of amides is 1. The zero-order valence-electron chi connectivity index (χ0n) is 9.00. The average molecular weight is 184 g/mol. The molecule has 0 atom stereocenters. The van der Waals surface area contributed by atoms with Gasteiger partial charge in [-0.1, -0.05) is 19.9 Å². The largest absolute Gasteiger partial charge is 0.366 e. The molecule has 13 heavy (non-hydrogen) atoms. The van der Waals surface area contributed by atoms with E-state index in [1.165, 1.54) is 6.08 Å². The average Bonchev–Trinajstić information content (AvgIpc) is 1.98. The number of allylic oxidation sites excluding steroid dienone is 1. The maximum Gasteiger partial charge on any atom is 0.241 e. The standard InChI is InChI=1S/C10H20N2O/c1-10(2,6-5-9(11)13)7-8-12(3)4/h5-6H,7-8H2,1-4H3,(H2,11,13). The van der Waals surface area contributed by atoms with Crippen molar-refractivity contribution in [2.75, 3.05) is 20.6 Å². The van der Waals surface area contributed by atoms with Gasteiger partial charge >= 0.3 is 0 Å². The van der Waals surface area contributed by atoms with Crippen LogP contribution in [0.5, 0.6) is 0 Å². The normalized spacial score (nSPS) is 12.7. The van der Waals surface area contributed by atoms with Crippen molar-refractivity contribution in [2.45, 2.75) is 20.3 Å². The summed E-state index contributed by atoms with van der Waals surface area (Å²) in [4.78, 5) is 12.6. The van der Waals surface area contributed by atoms with Crippen LogP contribution in [-0.2, 0) is 4.79 Å². The van der Waals surface area contributed by atoms with Gasteiger partial charge in [-0.25, -0.2) is 0 Å². The molecule has 0 bridgehead atoms. The van der Waals surface area contributed by atoms with Gasteiger partial charge in [0.1, 0.15) is 0 Å². The van der Waals surface area contributed by atoms with Crippen molar-refractivity contribution in [1.82, 2.24) is 4.90 Å². The van der Waals surface area contributed by atoms with Crippen LogP contribution in [0.25, 0.3) is 0 Å². The van der Waals surface area contributed by atoms with Crippen molar-refractivity contribution in [1.29, 1.82) is 0 Å². The molecule has 0 saturated carbocycles. The Kier molecular flexibility index (Phi) is 4.70. The molecule has 0 aliphatic heterocycles. The lowest BCUT2D eigenvalue weighted by atomic mass is 9.88. The van der Waals surface area contributed by atoms with E-state index >= 15 is 0 Å². The molecule has 0 aliphatic rings. The number of nitrogens with two attached hydrogens (primary N) is 1. The van der Waals surface area contributed by atoms with Crippen LogP contribution in [0.4, 0.5) is 0 Å². The Balaban J connectivity index is 4.00. The highest BCUT2D eigenvalue weighted by Crippen LogP contribution is 2.21. The van der Waals surface area contributed by atoms with E-state index in [0.717, 1.165) is 13.0 Å². The number of nitrogens with zero attached hydrogens (tertiary/aromatic N) is 1. The second kappa shape index (κ2) is 5.02. The Morgan fingerprint density at radius 2 is 2.00 bits per heavy atom. The monoisotopic (exact) mass is 184 g/mol. The summed E-state index contributed by atoms with van der Waals surface area (Å²) in [5.41, 5.74) is 5.06. The Bertz CT molecular complexity index is 195. The van der Waals surface area contributed by atoms with Crippen LogP contribution in [0.15, 0.2) is 12.2 Å². The van der Waals surface area contributed by atoms with Gasteiger partial charge in [-0.05, 0) is 38.6 Å². The topological polar surface area (TPSA) is 46.3 Å². The fourth-order valence-corrected chi connectivity index (χ4v) is 0.903. The highest BCUT2D eigenvalue weighted by atomic mass is 16.1. The van der Waals surface area contributed by atoms with Crippen LogP contribution in [0, 0.1) is 5.41 Å². The Hall–Kier alpha value is -0.830. The van der Waals surface area contributed by atoms with Crippen molar-refractivity contribution in [2.24, 2.45) is 11.1 Å². The summed E-state index contributed by atoms with van der Waals surface area (Å²) in [6.45, 7) is 5.20. The molecule has 0 aromatic rings. The Morgan fingerprint density at radius 1 is 1.46 bits per heavy atom. The molecule has 0 aromatic heterocycles. The van der Waals surface area contributed by atoms with E-state index in [4.69, 9.17) is 5.73 Å². The molecule has 3 heteroatoms. The van der Waals surface area contributed by atoms with Gasteiger partial charge in [-0.2, -0.15) is 0 Å². The third-order valence-electron chi connectivity index (χ3n) is 1.90. The smallest absolute Gasteiger partial charge is 0.241 e. The van der Waals surface area contributed by atoms with E-state index in [0.29, 0.717) is 0 Å². The highest BCUT2D eigenvalue weighted by Gasteiger charge is 2.13.